The van der Waals surface area contributed by atoms with Crippen LogP contribution in [0.25, 0.3) is 0 Å². The molecule has 1 aliphatic heterocycles. The largest absolute Gasteiger partial charge is 0.383 e. The summed E-state index contributed by atoms with van der Waals surface area (Å²) in [7, 11) is 0. The van der Waals surface area contributed by atoms with E-state index in [0.29, 0.717) is 25.3 Å². The van der Waals surface area contributed by atoms with E-state index >= 15 is 0 Å². The van der Waals surface area contributed by atoms with Crippen LogP contribution in [0.1, 0.15) is 33.0 Å². The molecule has 144 valence electrons. The average Bonchev–Trinajstić information content (AvgIpc) is 2.48. The van der Waals surface area contributed by atoms with Crippen LogP contribution in [0.2, 0.25) is 0 Å². The first kappa shape index (κ1) is 19.9. The van der Waals surface area contributed by atoms with Crippen LogP contribution in [0.4, 0.5) is 5.82 Å². The van der Waals surface area contributed by atoms with Gasteiger partial charge in [0.05, 0.1) is 12.5 Å². The minimum absolute atomic E-state index is 0.0388. The SMILES string of the molecule is CC(C)(C)CN1CCNC(=O)[C@H]1CC(=O)NCCc1nc(N)cc(=O)[nH]1. The van der Waals surface area contributed by atoms with Crippen LogP contribution in [-0.2, 0) is 16.0 Å². The van der Waals surface area contributed by atoms with E-state index in [1.165, 1.54) is 6.07 Å². The molecule has 0 unspecified atom stereocenters. The lowest BCUT2D eigenvalue weighted by molar-refractivity contribution is -0.134. The highest BCUT2D eigenvalue weighted by atomic mass is 16.2. The molecule has 9 nitrogen and oxygen atoms in total. The lowest BCUT2D eigenvalue weighted by Gasteiger charge is -2.38. The highest BCUT2D eigenvalue weighted by Crippen LogP contribution is 2.19. The number of nitrogens with one attached hydrogen (secondary N) is 3. The van der Waals surface area contributed by atoms with Gasteiger partial charge in [0.15, 0.2) is 0 Å². The number of nitrogen functional groups attached to an aromatic ring is 1. The van der Waals surface area contributed by atoms with Gasteiger partial charge in [-0.25, -0.2) is 4.98 Å². The fraction of sp³-hybridized carbons (Fsp3) is 0.647. The molecular formula is C17H28N6O3. The van der Waals surface area contributed by atoms with E-state index in [-0.39, 0.29) is 35.0 Å². The molecule has 5 N–H and O–H groups in total. The van der Waals surface area contributed by atoms with E-state index in [9.17, 15) is 14.4 Å². The Morgan fingerprint density at radius 1 is 1.42 bits per heavy atom. The number of hydrogen-bond acceptors (Lipinski definition) is 6. The Labute approximate surface area is 152 Å². The number of nitrogens with zero attached hydrogens (tertiary/aromatic N) is 2. The number of carbonyl (C=O) groups is 2. The second-order valence-corrected chi connectivity index (χ2v) is 7.76. The molecule has 0 bridgehead atoms. The van der Waals surface area contributed by atoms with Crippen molar-refractivity contribution in [3.05, 3.63) is 22.2 Å². The molecule has 2 heterocycles. The molecule has 1 fully saturated rings. The lowest BCUT2D eigenvalue weighted by atomic mass is 9.94. The number of amides is 2. The standard InChI is InChI=1S/C17H28N6O3/c1-17(2,3)10-23-7-6-20-16(26)11(23)8-14(24)19-5-4-13-21-12(18)9-15(25)22-13/h9,11H,4-8,10H2,1-3H3,(H,19,24)(H,20,26)(H3,18,21,22,25)/t11-/m1/s1. The topological polar surface area (TPSA) is 133 Å². The summed E-state index contributed by atoms with van der Waals surface area (Å²) in [5.74, 6) is 0.238. The van der Waals surface area contributed by atoms with Crippen LogP contribution in [0.5, 0.6) is 0 Å². The lowest BCUT2D eigenvalue weighted by Crippen LogP contribution is -2.58. The van der Waals surface area contributed by atoms with E-state index in [1.54, 1.807) is 0 Å². The van der Waals surface area contributed by atoms with Gasteiger partial charge in [-0.3, -0.25) is 19.3 Å². The van der Waals surface area contributed by atoms with E-state index < -0.39 is 6.04 Å². The van der Waals surface area contributed by atoms with Gasteiger partial charge in [-0.15, -0.1) is 0 Å². The second kappa shape index (κ2) is 8.31. The molecule has 9 heteroatoms. The first-order valence-corrected chi connectivity index (χ1v) is 8.78. The van der Waals surface area contributed by atoms with Crippen molar-refractivity contribution in [3.63, 3.8) is 0 Å². The molecule has 2 rings (SSSR count). The molecule has 0 aliphatic carbocycles. The number of rotatable bonds is 6. The number of carbonyl (C=O) groups excluding carboxylic acids is 2. The molecular weight excluding hydrogens is 336 g/mol. The van der Waals surface area contributed by atoms with Crippen molar-refractivity contribution in [2.24, 2.45) is 5.41 Å². The zero-order valence-corrected chi connectivity index (χ0v) is 15.6. The molecule has 1 atom stereocenters. The van der Waals surface area contributed by atoms with Gasteiger partial charge in [0.2, 0.25) is 11.8 Å². The monoisotopic (exact) mass is 364 g/mol. The molecule has 0 saturated carbocycles. The molecule has 0 radical (unpaired) electrons. The molecule has 0 spiro atoms. The summed E-state index contributed by atoms with van der Waals surface area (Å²) in [5, 5.41) is 5.60. The Bertz CT molecular complexity index is 709. The highest BCUT2D eigenvalue weighted by molar-refractivity contribution is 5.88. The highest BCUT2D eigenvalue weighted by Gasteiger charge is 2.33. The zero-order valence-electron chi connectivity index (χ0n) is 15.6. The molecule has 1 saturated heterocycles. The van der Waals surface area contributed by atoms with Crippen LogP contribution in [0.3, 0.4) is 0 Å². The third kappa shape index (κ3) is 6.14. The molecule has 2 amide bonds. The van der Waals surface area contributed by atoms with E-state index in [2.05, 4.69) is 46.3 Å². The van der Waals surface area contributed by atoms with Crippen LogP contribution in [0.15, 0.2) is 10.9 Å². The van der Waals surface area contributed by atoms with Crippen molar-refractivity contribution in [2.75, 3.05) is 31.9 Å². The van der Waals surface area contributed by atoms with Crippen LogP contribution in [0, 0.1) is 5.41 Å². The summed E-state index contributed by atoms with van der Waals surface area (Å²) in [5.41, 5.74) is 5.24. The fourth-order valence-electron chi connectivity index (χ4n) is 3.00. The third-order valence-electron chi connectivity index (χ3n) is 3.99. The summed E-state index contributed by atoms with van der Waals surface area (Å²) < 4.78 is 0. The number of aromatic amines is 1. The first-order valence-electron chi connectivity index (χ1n) is 8.78. The third-order valence-corrected chi connectivity index (χ3v) is 3.99. The van der Waals surface area contributed by atoms with Crippen LogP contribution < -0.4 is 21.9 Å². The number of nitrogens with two attached hydrogens (primary N) is 1. The van der Waals surface area contributed by atoms with Crippen LogP contribution >= 0.6 is 0 Å². The van der Waals surface area contributed by atoms with Gasteiger partial charge >= 0.3 is 0 Å². The van der Waals surface area contributed by atoms with Crippen molar-refractivity contribution in [3.8, 4) is 0 Å². The normalized spacial score (nSPS) is 18.4. The number of anilines is 1. The van der Waals surface area contributed by atoms with E-state index in [4.69, 9.17) is 5.73 Å². The Kier molecular flexibility index (Phi) is 6.36. The molecule has 1 aromatic heterocycles. The molecule has 0 aromatic carbocycles. The van der Waals surface area contributed by atoms with Gasteiger partial charge in [0.25, 0.3) is 5.56 Å². The minimum Gasteiger partial charge on any atom is -0.383 e. The van der Waals surface area contributed by atoms with Gasteiger partial charge in [0.1, 0.15) is 11.6 Å². The fourth-order valence-corrected chi connectivity index (χ4v) is 3.00. The Balaban J connectivity index is 1.88. The number of H-pyrrole nitrogens is 1. The number of hydrogen-bond donors (Lipinski definition) is 4. The Hall–Kier alpha value is -2.42. The minimum atomic E-state index is -0.465. The maximum atomic E-state index is 12.3. The van der Waals surface area contributed by atoms with Crippen molar-refractivity contribution >= 4 is 17.6 Å². The quantitative estimate of drug-likeness (QED) is 0.525. The summed E-state index contributed by atoms with van der Waals surface area (Å²) in [6.07, 6.45) is 0.456. The zero-order chi connectivity index (χ0) is 19.3. The molecule has 1 aromatic rings. The van der Waals surface area contributed by atoms with E-state index in [0.717, 1.165) is 13.1 Å². The van der Waals surface area contributed by atoms with Gasteiger partial charge in [-0.1, -0.05) is 20.8 Å². The summed E-state index contributed by atoms with van der Waals surface area (Å²) >= 11 is 0. The Morgan fingerprint density at radius 3 is 2.81 bits per heavy atom. The number of aromatic nitrogens is 2. The predicted octanol–water partition coefficient (Wildman–Crippen LogP) is -0.753. The van der Waals surface area contributed by atoms with Gasteiger partial charge in [0, 0.05) is 38.7 Å². The maximum absolute atomic E-state index is 12.3. The predicted molar refractivity (Wildman–Crippen MR) is 98.4 cm³/mol. The van der Waals surface area contributed by atoms with Gasteiger partial charge < -0.3 is 21.4 Å². The first-order chi connectivity index (χ1) is 12.1. The summed E-state index contributed by atoms with van der Waals surface area (Å²) in [6, 6.07) is 0.737. The molecule has 26 heavy (non-hydrogen) atoms. The smallest absolute Gasteiger partial charge is 0.252 e. The Morgan fingerprint density at radius 2 is 2.15 bits per heavy atom. The van der Waals surface area contributed by atoms with Crippen LogP contribution in [-0.4, -0.2) is 58.9 Å². The average molecular weight is 364 g/mol. The van der Waals surface area contributed by atoms with Crippen molar-refractivity contribution in [1.29, 1.82) is 0 Å². The summed E-state index contributed by atoms with van der Waals surface area (Å²) in [4.78, 5) is 44.4. The summed E-state index contributed by atoms with van der Waals surface area (Å²) in [6.45, 7) is 8.70. The maximum Gasteiger partial charge on any atom is 0.252 e. The van der Waals surface area contributed by atoms with Crippen molar-refractivity contribution in [1.82, 2.24) is 25.5 Å². The van der Waals surface area contributed by atoms with E-state index in [1.807, 2.05) is 0 Å². The molecule has 1 aliphatic rings. The second-order valence-electron chi connectivity index (χ2n) is 7.76. The number of piperazine rings is 1. The van der Waals surface area contributed by atoms with Crippen molar-refractivity contribution < 1.29 is 9.59 Å². The van der Waals surface area contributed by atoms with Gasteiger partial charge in [-0.2, -0.15) is 0 Å². The van der Waals surface area contributed by atoms with Gasteiger partial charge in [-0.05, 0) is 5.41 Å². The van der Waals surface area contributed by atoms with Crippen molar-refractivity contribution in [2.45, 2.75) is 39.7 Å².